The summed E-state index contributed by atoms with van der Waals surface area (Å²) >= 11 is 0. The van der Waals surface area contributed by atoms with E-state index in [4.69, 9.17) is 0 Å². The fraction of sp³-hybridized carbons (Fsp3) is 0.211. The number of anilines is 1. The van der Waals surface area contributed by atoms with Crippen LogP contribution in [0.15, 0.2) is 54.7 Å². The molecule has 0 saturated carbocycles. The lowest BCUT2D eigenvalue weighted by Crippen LogP contribution is -2.27. The Labute approximate surface area is 139 Å². The molecule has 0 saturated heterocycles. The molecule has 0 fully saturated rings. The van der Waals surface area contributed by atoms with Crippen molar-refractivity contribution >= 4 is 22.3 Å². The number of pyridine rings is 1. The van der Waals surface area contributed by atoms with Crippen LogP contribution in [-0.2, 0) is 12.8 Å². The van der Waals surface area contributed by atoms with E-state index in [1.807, 2.05) is 0 Å². The summed E-state index contributed by atoms with van der Waals surface area (Å²) in [6, 6.07) is 15.6. The number of aryl methyl sites for hydroxylation is 1. The van der Waals surface area contributed by atoms with Crippen molar-refractivity contribution in [3.8, 4) is 0 Å². The van der Waals surface area contributed by atoms with Crippen molar-refractivity contribution < 1.29 is 4.92 Å². The first-order chi connectivity index (χ1) is 11.7. The molecular weight excluding hydrogens is 302 g/mol. The largest absolute Gasteiger partial charge is 0.380 e. The molecule has 1 heterocycles. The van der Waals surface area contributed by atoms with E-state index in [1.54, 1.807) is 30.5 Å². The Balaban J connectivity index is 1.66. The molecule has 1 aliphatic rings. The lowest BCUT2D eigenvalue weighted by atomic mass is 9.88. The lowest BCUT2D eigenvalue weighted by molar-refractivity contribution is -0.383. The number of benzene rings is 2. The molecule has 120 valence electrons. The topological polar surface area (TPSA) is 68.1 Å². The Morgan fingerprint density at radius 1 is 1.08 bits per heavy atom. The normalized spacial score (nSPS) is 16.6. The molecule has 3 aromatic rings. The van der Waals surface area contributed by atoms with Gasteiger partial charge in [0.2, 0.25) is 0 Å². The summed E-state index contributed by atoms with van der Waals surface area (Å²) in [5, 5.41) is 15.3. The van der Waals surface area contributed by atoms with Gasteiger partial charge in [0, 0.05) is 18.3 Å². The van der Waals surface area contributed by atoms with E-state index in [0.717, 1.165) is 24.9 Å². The van der Waals surface area contributed by atoms with Crippen molar-refractivity contribution in [2.75, 3.05) is 5.32 Å². The fourth-order valence-electron chi connectivity index (χ4n) is 3.47. The first-order valence-corrected chi connectivity index (χ1v) is 8.08. The summed E-state index contributed by atoms with van der Waals surface area (Å²) in [6.45, 7) is 0. The van der Waals surface area contributed by atoms with E-state index in [9.17, 15) is 10.1 Å². The van der Waals surface area contributed by atoms with Gasteiger partial charge in [0.25, 0.3) is 5.69 Å². The summed E-state index contributed by atoms with van der Waals surface area (Å²) < 4.78 is 0. The molecule has 5 nitrogen and oxygen atoms in total. The highest BCUT2D eigenvalue weighted by Crippen LogP contribution is 2.31. The number of hydrogen-bond donors (Lipinski definition) is 1. The minimum absolute atomic E-state index is 0.0950. The zero-order valence-electron chi connectivity index (χ0n) is 13.1. The number of rotatable bonds is 3. The maximum absolute atomic E-state index is 11.2. The van der Waals surface area contributed by atoms with Crippen LogP contribution in [0, 0.1) is 10.1 Å². The van der Waals surface area contributed by atoms with E-state index in [0.29, 0.717) is 16.9 Å². The number of nitrogens with one attached hydrogen (secondary N) is 1. The third-order valence-corrected chi connectivity index (χ3v) is 4.65. The van der Waals surface area contributed by atoms with Gasteiger partial charge in [-0.2, -0.15) is 0 Å². The standard InChI is InChI=1S/C19H17N3O2/c23-22(24)18-10-9-17(19-16(18)6-3-11-20-19)21-15-8-7-13-4-1-2-5-14(13)12-15/h1-6,9-11,15,21H,7-8,12H2. The Morgan fingerprint density at radius 3 is 2.75 bits per heavy atom. The fourth-order valence-corrected chi connectivity index (χ4v) is 3.47. The maximum atomic E-state index is 11.2. The van der Waals surface area contributed by atoms with Gasteiger partial charge in [-0.05, 0) is 48.6 Å². The molecule has 1 unspecified atom stereocenters. The highest BCUT2D eigenvalue weighted by atomic mass is 16.6. The summed E-state index contributed by atoms with van der Waals surface area (Å²) in [5.74, 6) is 0. The first-order valence-electron chi connectivity index (χ1n) is 8.08. The second-order valence-electron chi connectivity index (χ2n) is 6.14. The molecule has 1 atom stereocenters. The van der Waals surface area contributed by atoms with Crippen molar-refractivity contribution in [2.45, 2.75) is 25.3 Å². The predicted molar refractivity (Wildman–Crippen MR) is 94.3 cm³/mol. The molecule has 0 radical (unpaired) electrons. The Bertz CT molecular complexity index is 923. The van der Waals surface area contributed by atoms with Crippen LogP contribution in [0.25, 0.3) is 10.9 Å². The van der Waals surface area contributed by atoms with Crippen molar-refractivity contribution in [3.05, 3.63) is 76.0 Å². The molecule has 0 amide bonds. The number of nitro groups is 1. The molecule has 0 bridgehead atoms. The van der Waals surface area contributed by atoms with Crippen LogP contribution in [0.1, 0.15) is 17.5 Å². The highest BCUT2D eigenvalue weighted by molar-refractivity contribution is 5.96. The second kappa shape index (κ2) is 5.92. The summed E-state index contributed by atoms with van der Waals surface area (Å²) in [4.78, 5) is 15.2. The molecule has 0 spiro atoms. The quantitative estimate of drug-likeness (QED) is 0.582. The minimum atomic E-state index is -0.357. The van der Waals surface area contributed by atoms with Crippen molar-refractivity contribution in [1.82, 2.24) is 4.98 Å². The molecule has 24 heavy (non-hydrogen) atoms. The van der Waals surface area contributed by atoms with E-state index in [2.05, 4.69) is 34.6 Å². The molecule has 1 N–H and O–H groups in total. The summed E-state index contributed by atoms with van der Waals surface area (Å²) in [6.07, 6.45) is 4.73. The predicted octanol–water partition coefficient (Wildman–Crippen LogP) is 4.11. The SMILES string of the molecule is O=[N+]([O-])c1ccc(NC2CCc3ccccc3C2)c2ncccc12. The average molecular weight is 319 g/mol. The van der Waals surface area contributed by atoms with Crippen molar-refractivity contribution in [2.24, 2.45) is 0 Å². The van der Waals surface area contributed by atoms with Crippen molar-refractivity contribution in [3.63, 3.8) is 0 Å². The minimum Gasteiger partial charge on any atom is -0.380 e. The maximum Gasteiger partial charge on any atom is 0.278 e. The molecule has 5 heteroatoms. The highest BCUT2D eigenvalue weighted by Gasteiger charge is 2.20. The smallest absolute Gasteiger partial charge is 0.278 e. The monoisotopic (exact) mass is 319 g/mol. The van der Waals surface area contributed by atoms with Crippen LogP contribution in [0.3, 0.4) is 0 Å². The van der Waals surface area contributed by atoms with E-state index in [1.165, 1.54) is 11.1 Å². The molecular formula is C19H17N3O2. The third-order valence-electron chi connectivity index (χ3n) is 4.65. The summed E-state index contributed by atoms with van der Waals surface area (Å²) in [7, 11) is 0. The van der Waals surface area contributed by atoms with Crippen LogP contribution in [0.4, 0.5) is 11.4 Å². The third kappa shape index (κ3) is 2.58. The number of nitro benzene ring substituents is 1. The number of hydrogen-bond acceptors (Lipinski definition) is 4. The molecule has 2 aromatic carbocycles. The Hall–Kier alpha value is -2.95. The van der Waals surface area contributed by atoms with Crippen LogP contribution >= 0.6 is 0 Å². The Kier molecular flexibility index (Phi) is 3.61. The van der Waals surface area contributed by atoms with Gasteiger partial charge in [-0.25, -0.2) is 0 Å². The van der Waals surface area contributed by atoms with Gasteiger partial charge in [-0.1, -0.05) is 24.3 Å². The van der Waals surface area contributed by atoms with Gasteiger partial charge in [-0.3, -0.25) is 15.1 Å². The average Bonchev–Trinajstić information content (AvgIpc) is 2.61. The van der Waals surface area contributed by atoms with E-state index < -0.39 is 0 Å². The second-order valence-corrected chi connectivity index (χ2v) is 6.14. The first kappa shape index (κ1) is 14.6. The summed E-state index contributed by atoms with van der Waals surface area (Å²) in [5.41, 5.74) is 4.41. The van der Waals surface area contributed by atoms with Crippen LogP contribution in [-0.4, -0.2) is 15.9 Å². The van der Waals surface area contributed by atoms with E-state index in [-0.39, 0.29) is 10.6 Å². The van der Waals surface area contributed by atoms with Gasteiger partial charge >= 0.3 is 0 Å². The number of aromatic nitrogens is 1. The van der Waals surface area contributed by atoms with Crippen LogP contribution < -0.4 is 5.32 Å². The van der Waals surface area contributed by atoms with Gasteiger partial charge < -0.3 is 5.32 Å². The molecule has 1 aromatic heterocycles. The van der Waals surface area contributed by atoms with E-state index >= 15 is 0 Å². The molecule has 1 aliphatic carbocycles. The van der Waals surface area contributed by atoms with Gasteiger partial charge in [-0.15, -0.1) is 0 Å². The Morgan fingerprint density at radius 2 is 1.92 bits per heavy atom. The van der Waals surface area contributed by atoms with Crippen LogP contribution in [0.2, 0.25) is 0 Å². The van der Waals surface area contributed by atoms with Crippen molar-refractivity contribution in [1.29, 1.82) is 0 Å². The molecule has 4 rings (SSSR count). The van der Waals surface area contributed by atoms with Gasteiger partial charge in [0.1, 0.15) is 5.52 Å². The number of non-ortho nitro benzene ring substituents is 1. The van der Waals surface area contributed by atoms with Crippen LogP contribution in [0.5, 0.6) is 0 Å². The molecule has 0 aliphatic heterocycles. The van der Waals surface area contributed by atoms with Gasteiger partial charge in [0.05, 0.1) is 16.0 Å². The lowest BCUT2D eigenvalue weighted by Gasteiger charge is -2.26. The number of fused-ring (bicyclic) bond motifs is 2. The zero-order valence-corrected chi connectivity index (χ0v) is 13.1. The van der Waals surface area contributed by atoms with Gasteiger partial charge in [0.15, 0.2) is 0 Å². The number of nitrogens with zero attached hydrogens (tertiary/aromatic N) is 2. The zero-order chi connectivity index (χ0) is 16.5.